The summed E-state index contributed by atoms with van der Waals surface area (Å²) in [5.74, 6) is -1.06. The van der Waals surface area contributed by atoms with Gasteiger partial charge in [-0.05, 0) is 43.4 Å². The van der Waals surface area contributed by atoms with Crippen LogP contribution >= 0.6 is 0 Å². The molecule has 0 radical (unpaired) electrons. The second kappa shape index (κ2) is 7.05. The van der Waals surface area contributed by atoms with Crippen molar-refractivity contribution in [3.05, 3.63) is 110 Å². The maximum Gasteiger partial charge on any atom is 0.199 e. The van der Waals surface area contributed by atoms with Crippen LogP contribution in [0.4, 0.5) is 0 Å². The molecule has 0 N–H and O–H groups in total. The molecule has 166 valence electrons. The van der Waals surface area contributed by atoms with Crippen LogP contribution in [0, 0.1) is 13.8 Å². The molecule has 0 atom stereocenters. The Morgan fingerprint density at radius 3 is 1.71 bits per heavy atom. The van der Waals surface area contributed by atoms with E-state index in [9.17, 15) is 19.2 Å². The van der Waals surface area contributed by atoms with Crippen LogP contribution in [0.3, 0.4) is 0 Å². The summed E-state index contributed by atoms with van der Waals surface area (Å²) in [5.41, 5.74) is 4.84. The average molecular weight is 451 g/mol. The second-order valence-corrected chi connectivity index (χ2v) is 8.64. The molecule has 3 aromatic heterocycles. The number of carbonyl (C=O) groups is 4. The zero-order chi connectivity index (χ0) is 23.7. The number of nitrogens with zero attached hydrogens (tertiary/aromatic N) is 1. The van der Waals surface area contributed by atoms with Gasteiger partial charge in [0, 0.05) is 22.9 Å². The minimum Gasteiger partial charge on any atom is -0.471 e. The van der Waals surface area contributed by atoms with Crippen molar-refractivity contribution < 1.29 is 28.0 Å². The van der Waals surface area contributed by atoms with Gasteiger partial charge in [-0.25, -0.2) is 0 Å². The molecule has 3 heterocycles. The van der Waals surface area contributed by atoms with E-state index in [1.165, 1.54) is 25.1 Å². The summed E-state index contributed by atoms with van der Waals surface area (Å²) in [7, 11) is 0. The number of hydrogen-bond donors (Lipinski definition) is 0. The SMILES string of the molecule is Cc1ccc(CCc2ncc(C)c3c2C(=O)c2cocc2C3=O)c2c1C(=O)c1cocc1C2=O. The highest BCUT2D eigenvalue weighted by Gasteiger charge is 2.36. The maximum absolute atomic E-state index is 13.2. The summed E-state index contributed by atoms with van der Waals surface area (Å²) >= 11 is 0. The minimum atomic E-state index is -0.301. The lowest BCUT2D eigenvalue weighted by atomic mass is 9.80. The molecule has 0 aliphatic heterocycles. The third-order valence-corrected chi connectivity index (χ3v) is 6.69. The standard InChI is InChI=1S/C27H17NO6/c1-12-3-4-14(22-20(12)24(29)15-8-33-10-17(15)26(22)31)5-6-19-23-21(13(2)7-28-19)25(30)16-9-34-11-18(16)27(23)32/h3-4,7-11H,5-6H2,1-2H3. The summed E-state index contributed by atoms with van der Waals surface area (Å²) in [6, 6.07) is 3.64. The van der Waals surface area contributed by atoms with Gasteiger partial charge in [0.2, 0.25) is 0 Å². The van der Waals surface area contributed by atoms with Crippen molar-refractivity contribution >= 4 is 23.1 Å². The molecule has 0 bridgehead atoms. The van der Waals surface area contributed by atoms with Crippen LogP contribution in [-0.2, 0) is 12.8 Å². The first-order valence-electron chi connectivity index (χ1n) is 10.8. The van der Waals surface area contributed by atoms with Gasteiger partial charge in [0.25, 0.3) is 0 Å². The van der Waals surface area contributed by atoms with Crippen molar-refractivity contribution in [3.63, 3.8) is 0 Å². The molecule has 0 unspecified atom stereocenters. The van der Waals surface area contributed by atoms with E-state index >= 15 is 0 Å². The third-order valence-electron chi connectivity index (χ3n) is 6.69. The first-order valence-corrected chi connectivity index (χ1v) is 10.8. The Labute approximate surface area is 193 Å². The smallest absolute Gasteiger partial charge is 0.199 e. The first kappa shape index (κ1) is 20.2. The average Bonchev–Trinajstić information content (AvgIpc) is 3.51. The van der Waals surface area contributed by atoms with Crippen molar-refractivity contribution in [2.75, 3.05) is 0 Å². The number of aromatic nitrogens is 1. The molecular weight excluding hydrogens is 434 g/mol. The van der Waals surface area contributed by atoms with Crippen LogP contribution in [0.5, 0.6) is 0 Å². The Kier molecular flexibility index (Phi) is 4.20. The summed E-state index contributed by atoms with van der Waals surface area (Å²) < 4.78 is 10.3. The van der Waals surface area contributed by atoms with Gasteiger partial charge in [-0.15, -0.1) is 0 Å². The molecule has 34 heavy (non-hydrogen) atoms. The Balaban J connectivity index is 1.42. The van der Waals surface area contributed by atoms with Crippen molar-refractivity contribution in [2.24, 2.45) is 0 Å². The van der Waals surface area contributed by atoms with Gasteiger partial charge in [-0.3, -0.25) is 24.2 Å². The lowest BCUT2D eigenvalue weighted by Crippen LogP contribution is -2.24. The van der Waals surface area contributed by atoms with E-state index in [1.807, 2.05) is 12.1 Å². The number of benzene rings is 1. The zero-order valence-electron chi connectivity index (χ0n) is 18.4. The van der Waals surface area contributed by atoms with Crippen molar-refractivity contribution in [2.45, 2.75) is 26.7 Å². The molecule has 2 aliphatic carbocycles. The summed E-state index contributed by atoms with van der Waals surface area (Å²) in [6.07, 6.45) is 7.44. The van der Waals surface area contributed by atoms with E-state index in [2.05, 4.69) is 4.98 Å². The summed E-state index contributed by atoms with van der Waals surface area (Å²) in [6.45, 7) is 3.54. The number of hydrogen-bond acceptors (Lipinski definition) is 7. The number of ketones is 4. The van der Waals surface area contributed by atoms with Crippen molar-refractivity contribution in [1.82, 2.24) is 4.98 Å². The summed E-state index contributed by atoms with van der Waals surface area (Å²) in [5, 5.41) is 0. The molecule has 7 heteroatoms. The molecule has 6 rings (SSSR count). The molecule has 0 saturated carbocycles. The van der Waals surface area contributed by atoms with E-state index in [4.69, 9.17) is 8.83 Å². The topological polar surface area (TPSA) is 107 Å². The largest absolute Gasteiger partial charge is 0.471 e. The Bertz CT molecular complexity index is 1480. The van der Waals surface area contributed by atoms with Gasteiger partial charge in [0.05, 0.1) is 33.5 Å². The van der Waals surface area contributed by atoms with Gasteiger partial charge in [0.15, 0.2) is 23.1 Å². The zero-order valence-corrected chi connectivity index (χ0v) is 18.4. The van der Waals surface area contributed by atoms with Gasteiger partial charge in [-0.2, -0.15) is 0 Å². The lowest BCUT2D eigenvalue weighted by molar-refractivity contribution is 0.0978. The van der Waals surface area contributed by atoms with E-state index in [-0.39, 0.29) is 51.0 Å². The highest BCUT2D eigenvalue weighted by molar-refractivity contribution is 6.30. The van der Waals surface area contributed by atoms with Crippen molar-refractivity contribution in [3.8, 4) is 0 Å². The van der Waals surface area contributed by atoms with Crippen LogP contribution in [0.15, 0.2) is 52.2 Å². The van der Waals surface area contributed by atoms with Crippen LogP contribution in [0.2, 0.25) is 0 Å². The molecule has 7 nitrogen and oxygen atoms in total. The highest BCUT2D eigenvalue weighted by atomic mass is 16.3. The molecular formula is C27H17NO6. The fraction of sp³-hybridized carbons (Fsp3) is 0.148. The van der Waals surface area contributed by atoms with Crippen molar-refractivity contribution in [1.29, 1.82) is 0 Å². The van der Waals surface area contributed by atoms with Crippen LogP contribution in [0.1, 0.15) is 86.1 Å². The number of fused-ring (bicyclic) bond motifs is 4. The monoisotopic (exact) mass is 451 g/mol. The van der Waals surface area contributed by atoms with Crippen LogP contribution in [-0.4, -0.2) is 28.1 Å². The van der Waals surface area contributed by atoms with E-state index in [0.717, 1.165) is 0 Å². The van der Waals surface area contributed by atoms with Gasteiger partial charge >= 0.3 is 0 Å². The fourth-order valence-corrected chi connectivity index (χ4v) is 4.97. The van der Waals surface area contributed by atoms with Crippen LogP contribution < -0.4 is 0 Å². The third kappa shape index (κ3) is 2.61. The maximum atomic E-state index is 13.2. The fourth-order valence-electron chi connectivity index (χ4n) is 4.97. The first-order chi connectivity index (χ1) is 16.4. The number of pyridine rings is 1. The number of carbonyl (C=O) groups excluding carboxylic acids is 4. The van der Waals surface area contributed by atoms with Gasteiger partial charge in [-0.1, -0.05) is 12.1 Å². The highest BCUT2D eigenvalue weighted by Crippen LogP contribution is 2.34. The predicted octanol–water partition coefficient (Wildman–Crippen LogP) is 4.22. The van der Waals surface area contributed by atoms with E-state index in [1.54, 1.807) is 20.0 Å². The van der Waals surface area contributed by atoms with Gasteiger partial charge in [0.1, 0.15) is 25.1 Å². The molecule has 0 amide bonds. The minimum absolute atomic E-state index is 0.229. The molecule has 4 aromatic rings. The number of rotatable bonds is 3. The van der Waals surface area contributed by atoms with Gasteiger partial charge < -0.3 is 8.83 Å². The molecule has 2 aliphatic rings. The predicted molar refractivity (Wildman–Crippen MR) is 119 cm³/mol. The van der Waals surface area contributed by atoms with E-state index in [0.29, 0.717) is 51.9 Å². The van der Waals surface area contributed by atoms with Crippen LogP contribution in [0.25, 0.3) is 0 Å². The van der Waals surface area contributed by atoms with E-state index < -0.39 is 0 Å². The lowest BCUT2D eigenvalue weighted by Gasteiger charge is -2.21. The molecule has 0 saturated heterocycles. The Hall–Kier alpha value is -4.39. The Morgan fingerprint density at radius 1 is 0.618 bits per heavy atom. The quantitative estimate of drug-likeness (QED) is 0.396. The summed E-state index contributed by atoms with van der Waals surface area (Å²) in [4.78, 5) is 57.0. The second-order valence-electron chi connectivity index (χ2n) is 8.64. The Morgan fingerprint density at radius 2 is 1.12 bits per heavy atom. The molecule has 0 fully saturated rings. The molecule has 1 aromatic carbocycles. The normalized spacial score (nSPS) is 14.1. The number of aryl methyl sites for hydroxylation is 4. The number of furan rings is 2. The molecule has 0 spiro atoms.